The maximum Gasteiger partial charge on any atom is 0.416 e. The van der Waals surface area contributed by atoms with Crippen LogP contribution in [0.4, 0.5) is 13.2 Å². The maximum atomic E-state index is 15.6. The lowest BCUT2D eigenvalue weighted by Crippen LogP contribution is -2.64. The van der Waals surface area contributed by atoms with Crippen molar-refractivity contribution in [2.75, 3.05) is 33.4 Å². The molecule has 44 nitrogen and oxygen atoms in total. The minimum absolute atomic E-state index is 0.0306. The number of carboxylic acid groups (broad SMARTS) is 2. The van der Waals surface area contributed by atoms with E-state index in [2.05, 4.69) is 74.4 Å². The Morgan fingerprint density at radius 1 is 0.453 bits per heavy atom. The van der Waals surface area contributed by atoms with Crippen molar-refractivity contribution in [3.8, 4) is 16.9 Å². The molecule has 28 N–H and O–H groups in total. The van der Waals surface area contributed by atoms with Crippen LogP contribution in [0.15, 0.2) is 133 Å². The van der Waals surface area contributed by atoms with Gasteiger partial charge in [-0.15, -0.1) is 0 Å². The second-order valence-corrected chi connectivity index (χ2v) is 37.6. The lowest BCUT2D eigenvalue weighted by molar-refractivity contribution is -0.143. The van der Waals surface area contributed by atoms with Crippen molar-refractivity contribution in [2.24, 2.45) is 40.5 Å². The number of nitrogens with zero attached hydrogens (tertiary/aromatic N) is 1. The van der Waals surface area contributed by atoms with Crippen LogP contribution >= 0.6 is 0 Å². The molecular weight excluding hydrogens is 1930 g/mol. The first-order valence-corrected chi connectivity index (χ1v) is 48.9. The minimum Gasteiger partial charge on any atom is -0.482 e. The monoisotopic (exact) mass is 2080 g/mol. The Morgan fingerprint density at radius 3 is 1.40 bits per heavy atom. The first-order valence-electron chi connectivity index (χ1n) is 48.9. The summed E-state index contributed by atoms with van der Waals surface area (Å²) in [5, 5.41) is 76.3. The number of hydrogen-bond donors (Lipinski definition) is 23. The van der Waals surface area contributed by atoms with Crippen LogP contribution in [0, 0.1) is 11.8 Å². The molecule has 47 heteroatoms. The Kier molecular flexibility index (Phi) is 49.4. The highest BCUT2D eigenvalue weighted by Crippen LogP contribution is 2.32. The van der Waals surface area contributed by atoms with E-state index < -0.39 is 284 Å². The van der Waals surface area contributed by atoms with Crippen LogP contribution in [-0.4, -0.2) is 273 Å². The SMILES string of the molecule is CCC(=O)NC(C(=O)N[C@@H](Cc1ccc(OCC(=O)O)cc1)C(=O)N[C@@H](CC(=O)O)C(=O)N[C@@H](Cc1cccc(C(F)(F)F)c1)C(=O)NC(CCc1ccccc1)C(=O)N[C@@H](Cc1ccc(-c2ccccc2)cc1)C(=O)NC(CCC(N)=O)C(=O)N(C)[C@@H](C)C(=O)N[C@H](CC(C)C)C(=O)N[C@@H](CCN)C(=O)NC(CC1CCCCC1)C(=O)NC(C(=O)NC(CO)C(=O)N[C@@H](CC)C(=O)NC(CCN)C(N)=O)C(C)(C)O)[C@@H](C)N. The number of likely N-dealkylation sites (N-methyl/N-ethyl adjacent to an activating group) is 1. The molecular formula is C101H141F3N20O24. The first-order chi connectivity index (χ1) is 69.9. The van der Waals surface area contributed by atoms with Gasteiger partial charge in [-0.3, -0.25) is 86.3 Å². The number of alkyl halides is 3. The Labute approximate surface area is 855 Å². The topological polar surface area (TPSA) is 716 Å². The van der Waals surface area contributed by atoms with Gasteiger partial charge in [-0.2, -0.15) is 13.2 Å². The third kappa shape index (κ3) is 40.7. The van der Waals surface area contributed by atoms with Crippen molar-refractivity contribution in [1.29, 1.82) is 0 Å². The fourth-order valence-electron chi connectivity index (χ4n) is 16.2. The summed E-state index contributed by atoms with van der Waals surface area (Å²) in [7, 11) is 1.15. The third-order valence-corrected chi connectivity index (χ3v) is 24.7. The second-order valence-electron chi connectivity index (χ2n) is 37.6. The molecule has 0 spiro atoms. The summed E-state index contributed by atoms with van der Waals surface area (Å²) < 4.78 is 48.9. The summed E-state index contributed by atoms with van der Waals surface area (Å²) in [5.41, 5.74) is 27.9. The summed E-state index contributed by atoms with van der Waals surface area (Å²) >= 11 is 0. The van der Waals surface area contributed by atoms with Crippen LogP contribution in [0.3, 0.4) is 0 Å². The second kappa shape index (κ2) is 59.9. The number of benzene rings is 5. The van der Waals surface area contributed by atoms with Gasteiger partial charge in [-0.1, -0.05) is 175 Å². The van der Waals surface area contributed by atoms with Gasteiger partial charge in [0.25, 0.3) is 0 Å². The van der Waals surface area contributed by atoms with Gasteiger partial charge >= 0.3 is 18.1 Å². The molecule has 1 aliphatic rings. The zero-order chi connectivity index (χ0) is 110. The van der Waals surface area contributed by atoms with Gasteiger partial charge in [0.2, 0.25) is 100 Å². The van der Waals surface area contributed by atoms with Crippen LogP contribution in [0.5, 0.6) is 5.75 Å². The van der Waals surface area contributed by atoms with Crippen molar-refractivity contribution < 1.29 is 129 Å². The van der Waals surface area contributed by atoms with E-state index in [9.17, 15) is 106 Å². The number of carboxylic acids is 2. The van der Waals surface area contributed by atoms with Crippen molar-refractivity contribution in [1.82, 2.24) is 79.3 Å². The average molecular weight is 2080 g/mol. The molecule has 0 aromatic heterocycles. The van der Waals surface area contributed by atoms with E-state index in [0.717, 1.165) is 62.8 Å². The number of rotatable bonds is 61. The van der Waals surface area contributed by atoms with E-state index in [1.807, 2.05) is 12.1 Å². The molecule has 148 heavy (non-hydrogen) atoms. The smallest absolute Gasteiger partial charge is 0.416 e. The van der Waals surface area contributed by atoms with E-state index in [-0.39, 0.29) is 87.3 Å². The number of aliphatic hydroxyl groups is 2. The normalized spacial score (nSPS) is 15.4. The number of carbonyl (C=O) groups is 19. The molecule has 1 saturated carbocycles. The molecule has 0 heterocycles. The van der Waals surface area contributed by atoms with Crippen LogP contribution in [-0.2, 0) is 123 Å². The number of aryl methyl sites for hydroxylation is 1. The lowest BCUT2D eigenvalue weighted by Gasteiger charge is -2.33. The van der Waals surface area contributed by atoms with E-state index >= 15 is 19.2 Å². The third-order valence-electron chi connectivity index (χ3n) is 24.7. The summed E-state index contributed by atoms with van der Waals surface area (Å²) in [4.78, 5) is 268. The van der Waals surface area contributed by atoms with Crippen molar-refractivity contribution in [3.05, 3.63) is 161 Å². The Hall–Kier alpha value is -14.6. The van der Waals surface area contributed by atoms with Gasteiger partial charge in [-0.05, 0) is 156 Å². The molecule has 0 saturated heterocycles. The van der Waals surface area contributed by atoms with Crippen molar-refractivity contribution in [3.63, 3.8) is 0 Å². The number of nitrogens with two attached hydrogens (primary N) is 5. The summed E-state index contributed by atoms with van der Waals surface area (Å²) in [6, 6.07) is 6.38. The summed E-state index contributed by atoms with van der Waals surface area (Å²) in [6.45, 7) is 9.24. The molecule has 0 aliphatic heterocycles. The van der Waals surface area contributed by atoms with Crippen LogP contribution in [0.25, 0.3) is 11.1 Å². The molecule has 1 fully saturated rings. The number of aliphatic carboxylic acids is 2. The quantitative estimate of drug-likeness (QED) is 0.0222. The molecule has 0 bridgehead atoms. The number of primary amides is 2. The number of ether oxygens (including phenoxy) is 1. The predicted octanol–water partition coefficient (Wildman–Crippen LogP) is -0.999. The van der Waals surface area contributed by atoms with E-state index in [4.69, 9.17) is 33.4 Å². The molecule has 6 rings (SSSR count). The Morgan fingerprint density at radius 2 is 0.892 bits per heavy atom. The molecule has 5 aromatic carbocycles. The summed E-state index contributed by atoms with van der Waals surface area (Å²) in [6.07, 6.45) is -6.66. The van der Waals surface area contributed by atoms with E-state index in [1.54, 1.807) is 86.6 Å². The Bertz CT molecular complexity index is 5350. The number of nitrogens with one attached hydrogen (secondary N) is 14. The van der Waals surface area contributed by atoms with Crippen LogP contribution in [0.1, 0.15) is 180 Å². The Balaban J connectivity index is 1.32. The van der Waals surface area contributed by atoms with Gasteiger partial charge in [0.1, 0.15) is 96.4 Å². The number of carbonyl (C=O) groups excluding carboxylic acids is 17. The van der Waals surface area contributed by atoms with Crippen molar-refractivity contribution in [2.45, 2.75) is 286 Å². The fraction of sp³-hybridized carbons (Fsp3) is 0.515. The van der Waals surface area contributed by atoms with E-state index in [1.165, 1.54) is 52.0 Å². The van der Waals surface area contributed by atoms with E-state index in [0.29, 0.717) is 41.7 Å². The predicted molar refractivity (Wildman–Crippen MR) is 534 cm³/mol. The minimum atomic E-state index is -4.99. The zero-order valence-corrected chi connectivity index (χ0v) is 84.3. The van der Waals surface area contributed by atoms with Gasteiger partial charge < -0.3 is 133 Å². The molecule has 7 unspecified atom stereocenters. The van der Waals surface area contributed by atoms with Crippen LogP contribution < -0.4 is 108 Å². The molecule has 0 radical (unpaired) electrons. The number of amides is 17. The lowest BCUT2D eigenvalue weighted by atomic mass is 9.84. The van der Waals surface area contributed by atoms with Gasteiger partial charge in [0, 0.05) is 45.2 Å². The fourth-order valence-corrected chi connectivity index (χ4v) is 16.2. The zero-order valence-electron chi connectivity index (χ0n) is 84.3. The molecule has 1 aliphatic carbocycles. The summed E-state index contributed by atoms with van der Waals surface area (Å²) in [5.74, 6) is -21.6. The maximum absolute atomic E-state index is 15.6. The molecule has 17 amide bonds. The van der Waals surface area contributed by atoms with Gasteiger partial charge in [-0.25, -0.2) is 4.79 Å². The van der Waals surface area contributed by atoms with Gasteiger partial charge in [0.05, 0.1) is 24.2 Å². The number of halogens is 3. The highest BCUT2D eigenvalue weighted by molar-refractivity contribution is 6.02. The molecule has 16 atom stereocenters. The first kappa shape index (κ1) is 122. The molecule has 810 valence electrons. The van der Waals surface area contributed by atoms with Gasteiger partial charge in [0.15, 0.2) is 6.61 Å². The average Bonchev–Trinajstić information content (AvgIpc) is 0.828. The standard InChI is InChI=1S/C101H141F3N20O24/c1-10-67(87(134)111-68(42-44-105)85(109)132)110-96(143)78(53-125)121-98(145)84(100(7,8)147)123-95(142)75(48-59-24-17-13-18-25-59)117-89(136)70(43-45-106)113-90(137)72(46-55(3)4)115-86(133)57(6)124(9)99(146)71(40-41-79(108)126)114-92(139)73(49-60-30-35-64(36-31-60)63-27-19-14-20-28-63)116-88(135)69(39-34-58-22-15-12-16-23-58)112-91(138)76(51-62-26-21-29-65(47-62)101(102,103)104)118-94(141)77(52-81(128)129)119-93(140)74(120-97(144)83(56(5)107)122-80(127)11-2)50-61-32-37-66(38-33-61)148-54-82(130)131/h12,14-16,19-23,26-33,35-38,47,55-57,59,67-78,83-84,125,147H,10-11,13,17-18,24-25,34,39-46,48-54,105-107H2,1-9H3,(H2,108,126)(H2,109,132)(H,110,143)(H,111,134)(H,112,138)(H,113,137)(H,114,139)(H,115,133)(H,116,135)(H,117,136)(H,118,141)(H,119,140)(H,120,144)(H,121,145)(H,122,127)(H,123,142)(H,128,129)(H,130,131)/t56-,57+,67+,68?,69?,70+,71?,72-,73+,74+,75?,76+,77+,78?,83?,84?/m1/s1. The highest BCUT2D eigenvalue weighted by Gasteiger charge is 2.44. The number of aliphatic hydroxyl groups excluding tert-OH is 1. The van der Waals surface area contributed by atoms with Crippen LogP contribution in [0.2, 0.25) is 0 Å². The van der Waals surface area contributed by atoms with Crippen molar-refractivity contribution >= 4 is 112 Å². The molecule has 5 aromatic rings. The largest absolute Gasteiger partial charge is 0.482 e. The number of hydrogen-bond acceptors (Lipinski definition) is 25. The highest BCUT2D eigenvalue weighted by atomic mass is 19.4.